The van der Waals surface area contributed by atoms with Gasteiger partial charge in [0.15, 0.2) is 15.0 Å². The molecule has 0 spiro atoms. The van der Waals surface area contributed by atoms with Crippen LogP contribution < -0.4 is 10.2 Å². The predicted molar refractivity (Wildman–Crippen MR) is 125 cm³/mol. The number of benzene rings is 2. The molecule has 2 aliphatic heterocycles. The number of carbonyl (C=O) groups excluding carboxylic acids is 1. The first kappa shape index (κ1) is 22.1. The lowest BCUT2D eigenvalue weighted by Gasteiger charge is -2.25. The van der Waals surface area contributed by atoms with Gasteiger partial charge in [0, 0.05) is 16.6 Å². The molecule has 0 bridgehead atoms. The summed E-state index contributed by atoms with van der Waals surface area (Å²) in [5, 5.41) is 3.15. The highest BCUT2D eigenvalue weighted by Crippen LogP contribution is 2.37. The van der Waals surface area contributed by atoms with Gasteiger partial charge in [0.2, 0.25) is 5.91 Å². The Kier molecular flexibility index (Phi) is 6.02. The van der Waals surface area contributed by atoms with Gasteiger partial charge in [-0.15, -0.1) is 0 Å². The number of amides is 1. The van der Waals surface area contributed by atoms with E-state index >= 15 is 0 Å². The highest BCUT2D eigenvalue weighted by molar-refractivity contribution is 8.15. The van der Waals surface area contributed by atoms with Crippen molar-refractivity contribution in [3.8, 4) is 0 Å². The second kappa shape index (κ2) is 8.44. The van der Waals surface area contributed by atoms with Crippen LogP contribution in [0.1, 0.15) is 11.1 Å². The molecule has 2 aromatic rings. The van der Waals surface area contributed by atoms with E-state index in [0.717, 1.165) is 16.8 Å². The molecular formula is C21H21ClFN3O3S2. The molecule has 1 fully saturated rings. The normalized spacial score (nSPS) is 21.5. The number of nitrogens with one attached hydrogen (secondary N) is 1. The third-order valence-corrected chi connectivity index (χ3v) is 8.88. The molecule has 0 radical (unpaired) electrons. The van der Waals surface area contributed by atoms with E-state index < -0.39 is 15.7 Å². The van der Waals surface area contributed by atoms with Gasteiger partial charge < -0.3 is 10.2 Å². The standard InChI is InChI=1S/C21H21ClFN3O3S2/c1-12-3-5-15(7-13(12)2)26(21-25-18-10-31(28,29)11-19(18)30-21)9-20(27)24-14-4-6-17(23)16(22)8-14/h3-8,18-19H,9-11H2,1-2H3,(H,24,27)/t18-,19-/m1/s1. The van der Waals surface area contributed by atoms with Gasteiger partial charge in [-0.05, 0) is 55.3 Å². The zero-order chi connectivity index (χ0) is 22.3. The Labute approximate surface area is 189 Å². The number of amidine groups is 1. The van der Waals surface area contributed by atoms with Crippen molar-refractivity contribution in [2.75, 3.05) is 28.3 Å². The largest absolute Gasteiger partial charge is 0.324 e. The van der Waals surface area contributed by atoms with E-state index in [1.807, 2.05) is 32.0 Å². The fraction of sp³-hybridized carbons (Fsp3) is 0.333. The maximum Gasteiger partial charge on any atom is 0.244 e. The molecule has 2 heterocycles. The Balaban J connectivity index is 1.59. The molecule has 164 valence electrons. The van der Waals surface area contributed by atoms with Crippen LogP contribution in [0, 0.1) is 19.7 Å². The third-order valence-electron chi connectivity index (χ3n) is 5.34. The lowest BCUT2D eigenvalue weighted by Crippen LogP contribution is -2.36. The fourth-order valence-corrected chi connectivity index (χ4v) is 7.51. The van der Waals surface area contributed by atoms with Crippen LogP contribution in [0.15, 0.2) is 41.4 Å². The van der Waals surface area contributed by atoms with Gasteiger partial charge in [0.1, 0.15) is 12.4 Å². The van der Waals surface area contributed by atoms with Crippen molar-refractivity contribution in [3.05, 3.63) is 58.4 Å². The summed E-state index contributed by atoms with van der Waals surface area (Å²) in [6.45, 7) is 3.96. The number of nitrogens with zero attached hydrogens (tertiary/aromatic N) is 2. The Morgan fingerprint density at radius 2 is 2.00 bits per heavy atom. The van der Waals surface area contributed by atoms with E-state index in [4.69, 9.17) is 11.6 Å². The highest BCUT2D eigenvalue weighted by atomic mass is 35.5. The Bertz CT molecular complexity index is 1190. The van der Waals surface area contributed by atoms with E-state index in [1.54, 1.807) is 4.90 Å². The molecule has 1 N–H and O–H groups in total. The summed E-state index contributed by atoms with van der Waals surface area (Å²) in [4.78, 5) is 19.2. The lowest BCUT2D eigenvalue weighted by molar-refractivity contribution is -0.114. The maximum absolute atomic E-state index is 13.4. The van der Waals surface area contributed by atoms with Crippen LogP contribution in [0.2, 0.25) is 5.02 Å². The first-order chi connectivity index (χ1) is 14.6. The van der Waals surface area contributed by atoms with Crippen molar-refractivity contribution in [3.63, 3.8) is 0 Å². The van der Waals surface area contributed by atoms with Crippen molar-refractivity contribution in [1.82, 2.24) is 0 Å². The summed E-state index contributed by atoms with van der Waals surface area (Å²) in [5.74, 6) is -0.755. The second-order valence-corrected chi connectivity index (χ2v) is 11.5. The molecule has 0 saturated carbocycles. The molecule has 1 amide bonds. The molecule has 6 nitrogen and oxygen atoms in total. The SMILES string of the molecule is Cc1ccc(N(CC(=O)Nc2ccc(F)c(Cl)c2)C2=N[C@@H]3CS(=O)(=O)C[C@H]3S2)cc1C. The summed E-state index contributed by atoms with van der Waals surface area (Å²) in [6, 6.07) is 9.56. The Morgan fingerprint density at radius 3 is 2.68 bits per heavy atom. The zero-order valence-corrected chi connectivity index (χ0v) is 19.3. The molecular weight excluding hydrogens is 461 g/mol. The minimum Gasteiger partial charge on any atom is -0.324 e. The average molecular weight is 482 g/mol. The fourth-order valence-electron chi connectivity index (χ4n) is 3.55. The number of anilines is 2. The molecule has 2 aromatic carbocycles. The van der Waals surface area contributed by atoms with E-state index in [9.17, 15) is 17.6 Å². The van der Waals surface area contributed by atoms with Gasteiger partial charge in [0.25, 0.3) is 0 Å². The molecule has 4 rings (SSSR count). The number of carbonyl (C=O) groups is 1. The lowest BCUT2D eigenvalue weighted by atomic mass is 10.1. The van der Waals surface area contributed by atoms with Crippen LogP contribution >= 0.6 is 23.4 Å². The number of halogens is 2. The van der Waals surface area contributed by atoms with Gasteiger partial charge >= 0.3 is 0 Å². The average Bonchev–Trinajstić information content (AvgIpc) is 3.18. The molecule has 0 unspecified atom stereocenters. The van der Waals surface area contributed by atoms with E-state index in [0.29, 0.717) is 10.9 Å². The summed E-state index contributed by atoms with van der Waals surface area (Å²) < 4.78 is 37.2. The summed E-state index contributed by atoms with van der Waals surface area (Å²) in [6.07, 6.45) is 0. The molecule has 0 aliphatic carbocycles. The van der Waals surface area contributed by atoms with Crippen LogP contribution in [0.4, 0.5) is 15.8 Å². The van der Waals surface area contributed by atoms with Crippen LogP contribution in [0.3, 0.4) is 0 Å². The van der Waals surface area contributed by atoms with Crippen LogP contribution in [-0.4, -0.2) is 48.8 Å². The number of aliphatic imine (C=N–C) groups is 1. The summed E-state index contributed by atoms with van der Waals surface area (Å²) >= 11 is 7.20. The first-order valence-electron chi connectivity index (χ1n) is 9.66. The van der Waals surface area contributed by atoms with Gasteiger partial charge in [0.05, 0.1) is 22.6 Å². The number of fused-ring (bicyclic) bond motifs is 1. The smallest absolute Gasteiger partial charge is 0.244 e. The predicted octanol–water partition coefficient (Wildman–Crippen LogP) is 3.81. The van der Waals surface area contributed by atoms with Crippen LogP contribution in [-0.2, 0) is 14.6 Å². The Morgan fingerprint density at radius 1 is 1.23 bits per heavy atom. The van der Waals surface area contributed by atoms with Gasteiger partial charge in [-0.25, -0.2) is 12.8 Å². The first-order valence-corrected chi connectivity index (χ1v) is 12.7. The molecule has 2 aliphatic rings. The minimum absolute atomic E-state index is 0.0322. The van der Waals surface area contributed by atoms with E-state index in [1.165, 1.54) is 30.0 Å². The summed E-state index contributed by atoms with van der Waals surface area (Å²) in [5.41, 5.74) is 3.38. The van der Waals surface area contributed by atoms with Gasteiger partial charge in [-0.1, -0.05) is 29.4 Å². The van der Waals surface area contributed by atoms with Crippen molar-refractivity contribution in [2.45, 2.75) is 25.1 Å². The van der Waals surface area contributed by atoms with Crippen molar-refractivity contribution in [2.24, 2.45) is 4.99 Å². The van der Waals surface area contributed by atoms with Crippen molar-refractivity contribution >= 4 is 55.6 Å². The minimum atomic E-state index is -3.07. The number of sulfone groups is 1. The number of hydrogen-bond donors (Lipinski definition) is 1. The number of thioether (sulfide) groups is 1. The molecule has 1 saturated heterocycles. The molecule has 31 heavy (non-hydrogen) atoms. The highest BCUT2D eigenvalue weighted by Gasteiger charge is 2.44. The topological polar surface area (TPSA) is 78.8 Å². The monoisotopic (exact) mass is 481 g/mol. The molecule has 0 aromatic heterocycles. The third kappa shape index (κ3) is 4.88. The number of hydrogen-bond acceptors (Lipinski definition) is 6. The quantitative estimate of drug-likeness (QED) is 0.718. The van der Waals surface area contributed by atoms with Crippen molar-refractivity contribution < 1.29 is 17.6 Å². The van der Waals surface area contributed by atoms with Crippen molar-refractivity contribution in [1.29, 1.82) is 0 Å². The second-order valence-electron chi connectivity index (χ2n) is 7.74. The Hall–Kier alpha value is -2.10. The van der Waals surface area contributed by atoms with E-state index in [2.05, 4.69) is 10.3 Å². The van der Waals surface area contributed by atoms with Gasteiger partial charge in [-0.2, -0.15) is 0 Å². The zero-order valence-electron chi connectivity index (χ0n) is 16.9. The maximum atomic E-state index is 13.4. The van der Waals surface area contributed by atoms with Crippen LogP contribution in [0.25, 0.3) is 0 Å². The summed E-state index contributed by atoms with van der Waals surface area (Å²) in [7, 11) is -3.07. The van der Waals surface area contributed by atoms with E-state index in [-0.39, 0.29) is 40.3 Å². The van der Waals surface area contributed by atoms with Crippen LogP contribution in [0.5, 0.6) is 0 Å². The number of aryl methyl sites for hydroxylation is 2. The van der Waals surface area contributed by atoms with Gasteiger partial charge in [-0.3, -0.25) is 9.79 Å². The molecule has 10 heteroatoms. The molecule has 2 atom stereocenters. The number of rotatable bonds is 4.